The smallest absolute Gasteiger partial charge is 0.339 e. The highest BCUT2D eigenvalue weighted by Crippen LogP contribution is 2.43. The van der Waals surface area contributed by atoms with Crippen LogP contribution in [0.5, 0.6) is 11.5 Å². The quantitative estimate of drug-likeness (QED) is 0.357. The molecule has 0 aliphatic rings. The zero-order valence-electron chi connectivity index (χ0n) is 17.8. The van der Waals surface area contributed by atoms with Crippen molar-refractivity contribution in [1.29, 1.82) is 0 Å². The summed E-state index contributed by atoms with van der Waals surface area (Å²) in [5.74, 6) is 1.05. The molecule has 0 bridgehead atoms. The van der Waals surface area contributed by atoms with Crippen molar-refractivity contribution < 1.29 is 17.0 Å². The number of benzene rings is 2. The summed E-state index contributed by atoms with van der Waals surface area (Å²) in [5.41, 5.74) is 2.60. The SMILES string of the molecule is Cc1ccc(S(=O)(=O)Oc2cc(Br)c(O[Si](C)(C)C(C)(C)C)c(C)c2C)cc1. The molecule has 2 rings (SSSR count). The predicted octanol–water partition coefficient (Wildman–Crippen LogP) is 6.53. The van der Waals surface area contributed by atoms with E-state index in [1.165, 1.54) is 0 Å². The van der Waals surface area contributed by atoms with E-state index in [0.29, 0.717) is 10.2 Å². The van der Waals surface area contributed by atoms with Crippen molar-refractivity contribution in [2.24, 2.45) is 0 Å². The Morgan fingerprint density at radius 3 is 2.00 bits per heavy atom. The van der Waals surface area contributed by atoms with E-state index in [4.69, 9.17) is 8.61 Å². The van der Waals surface area contributed by atoms with Crippen LogP contribution in [0.1, 0.15) is 37.5 Å². The van der Waals surface area contributed by atoms with Crippen LogP contribution in [0.15, 0.2) is 39.7 Å². The summed E-state index contributed by atoms with van der Waals surface area (Å²) in [6.45, 7) is 16.6. The fourth-order valence-corrected chi connectivity index (χ4v) is 5.10. The van der Waals surface area contributed by atoms with Crippen molar-refractivity contribution in [2.45, 2.75) is 64.6 Å². The van der Waals surface area contributed by atoms with Crippen molar-refractivity contribution in [2.75, 3.05) is 0 Å². The summed E-state index contributed by atoms with van der Waals surface area (Å²) in [5, 5.41) is 0.0523. The van der Waals surface area contributed by atoms with Crippen LogP contribution in [0.3, 0.4) is 0 Å². The third kappa shape index (κ3) is 4.81. The summed E-state index contributed by atoms with van der Waals surface area (Å²) in [6, 6.07) is 8.28. The number of rotatable bonds is 5. The van der Waals surface area contributed by atoms with Crippen molar-refractivity contribution in [1.82, 2.24) is 0 Å². The van der Waals surface area contributed by atoms with Crippen molar-refractivity contribution in [3.8, 4) is 11.5 Å². The molecule has 0 aromatic heterocycles. The van der Waals surface area contributed by atoms with Gasteiger partial charge < -0.3 is 8.61 Å². The van der Waals surface area contributed by atoms with Gasteiger partial charge in [-0.1, -0.05) is 38.5 Å². The number of halogens is 1. The first-order valence-electron chi connectivity index (χ1n) is 9.15. The molecule has 0 saturated carbocycles. The third-order valence-electron chi connectivity index (χ3n) is 5.42. The van der Waals surface area contributed by atoms with Gasteiger partial charge in [-0.05, 0) is 78.1 Å². The van der Waals surface area contributed by atoms with Gasteiger partial charge in [-0.25, -0.2) is 0 Å². The number of aryl methyl sites for hydroxylation is 1. The largest absolute Gasteiger partial charge is 0.543 e. The van der Waals surface area contributed by atoms with Crippen LogP contribution in [0.2, 0.25) is 18.1 Å². The molecule has 0 unspecified atom stereocenters. The lowest BCUT2D eigenvalue weighted by molar-refractivity contribution is 0.474. The maximum Gasteiger partial charge on any atom is 0.339 e. The van der Waals surface area contributed by atoms with Gasteiger partial charge in [0.15, 0.2) is 0 Å². The van der Waals surface area contributed by atoms with E-state index in [0.717, 1.165) is 22.4 Å². The summed E-state index contributed by atoms with van der Waals surface area (Å²) < 4.78 is 38.0. The molecule has 0 heterocycles. The molecule has 28 heavy (non-hydrogen) atoms. The molecule has 0 aliphatic carbocycles. The van der Waals surface area contributed by atoms with Crippen molar-refractivity contribution in [3.63, 3.8) is 0 Å². The molecule has 2 aromatic carbocycles. The van der Waals surface area contributed by atoms with Crippen LogP contribution in [-0.2, 0) is 10.1 Å². The normalized spacial score (nSPS) is 12.8. The van der Waals surface area contributed by atoms with Crippen LogP contribution in [0.4, 0.5) is 0 Å². The molecule has 0 aliphatic heterocycles. The second-order valence-electron chi connectivity index (χ2n) is 8.65. The Morgan fingerprint density at radius 1 is 0.964 bits per heavy atom. The Bertz CT molecular complexity index is 975. The van der Waals surface area contributed by atoms with E-state index in [9.17, 15) is 8.42 Å². The summed E-state index contributed by atoms with van der Waals surface area (Å²) in [6.07, 6.45) is 0. The molecule has 0 saturated heterocycles. The lowest BCUT2D eigenvalue weighted by Gasteiger charge is -2.37. The molecule has 0 N–H and O–H groups in total. The van der Waals surface area contributed by atoms with E-state index in [-0.39, 0.29) is 9.93 Å². The van der Waals surface area contributed by atoms with Crippen LogP contribution in [0, 0.1) is 20.8 Å². The van der Waals surface area contributed by atoms with Crippen molar-refractivity contribution >= 4 is 34.4 Å². The summed E-state index contributed by atoms with van der Waals surface area (Å²) >= 11 is 3.55. The Balaban J connectivity index is 2.43. The zero-order chi connectivity index (χ0) is 21.5. The molecule has 0 atom stereocenters. The lowest BCUT2D eigenvalue weighted by atomic mass is 10.1. The lowest BCUT2D eigenvalue weighted by Crippen LogP contribution is -2.44. The molecule has 4 nitrogen and oxygen atoms in total. The minimum Gasteiger partial charge on any atom is -0.543 e. The zero-order valence-corrected chi connectivity index (χ0v) is 21.2. The van der Waals surface area contributed by atoms with Gasteiger partial charge in [-0.3, -0.25) is 0 Å². The number of hydrogen-bond acceptors (Lipinski definition) is 4. The van der Waals surface area contributed by atoms with E-state index >= 15 is 0 Å². The predicted molar refractivity (Wildman–Crippen MR) is 120 cm³/mol. The Kier molecular flexibility index (Phi) is 6.43. The molecule has 7 heteroatoms. The van der Waals surface area contributed by atoms with Crippen LogP contribution in [0.25, 0.3) is 0 Å². The third-order valence-corrected chi connectivity index (χ3v) is 11.6. The molecular weight excluding hydrogens is 456 g/mol. The summed E-state index contributed by atoms with van der Waals surface area (Å²) in [7, 11) is -5.95. The molecule has 0 radical (unpaired) electrons. The van der Waals surface area contributed by atoms with Gasteiger partial charge in [0.25, 0.3) is 8.32 Å². The first kappa shape index (κ1) is 23.0. The van der Waals surface area contributed by atoms with Gasteiger partial charge in [0.2, 0.25) is 0 Å². The van der Waals surface area contributed by atoms with Crippen LogP contribution >= 0.6 is 15.9 Å². The van der Waals surface area contributed by atoms with E-state index < -0.39 is 18.4 Å². The highest BCUT2D eigenvalue weighted by Gasteiger charge is 2.40. The molecule has 0 fully saturated rings. The van der Waals surface area contributed by atoms with Gasteiger partial charge in [0.05, 0.1) is 4.47 Å². The first-order chi connectivity index (χ1) is 12.7. The topological polar surface area (TPSA) is 52.6 Å². The Hall–Kier alpha value is -1.31. The highest BCUT2D eigenvalue weighted by atomic mass is 79.9. The first-order valence-corrected chi connectivity index (χ1v) is 14.3. The molecule has 154 valence electrons. The maximum atomic E-state index is 12.7. The van der Waals surface area contributed by atoms with Gasteiger partial charge in [0.1, 0.15) is 16.4 Å². The van der Waals surface area contributed by atoms with Gasteiger partial charge >= 0.3 is 10.1 Å². The minimum absolute atomic E-state index is 0.0523. The molecule has 0 amide bonds. The molecule has 2 aromatic rings. The Labute approximate surface area is 178 Å². The fraction of sp³-hybridized carbons (Fsp3) is 0.429. The Morgan fingerprint density at radius 2 is 1.50 bits per heavy atom. The van der Waals surface area contributed by atoms with Gasteiger partial charge in [-0.15, -0.1) is 0 Å². The van der Waals surface area contributed by atoms with Gasteiger partial charge in [-0.2, -0.15) is 8.42 Å². The average Bonchev–Trinajstić information content (AvgIpc) is 2.55. The van der Waals surface area contributed by atoms with E-state index in [1.807, 2.05) is 20.8 Å². The second kappa shape index (κ2) is 7.84. The average molecular weight is 486 g/mol. The van der Waals surface area contributed by atoms with E-state index in [1.54, 1.807) is 30.3 Å². The van der Waals surface area contributed by atoms with Gasteiger partial charge in [0, 0.05) is 6.07 Å². The molecule has 0 spiro atoms. The van der Waals surface area contributed by atoms with Crippen LogP contribution in [-0.4, -0.2) is 16.7 Å². The minimum atomic E-state index is -3.91. The summed E-state index contributed by atoms with van der Waals surface area (Å²) in [4.78, 5) is 0.132. The van der Waals surface area contributed by atoms with Crippen molar-refractivity contribution in [3.05, 3.63) is 51.5 Å². The maximum absolute atomic E-state index is 12.7. The van der Waals surface area contributed by atoms with Crippen LogP contribution < -0.4 is 8.61 Å². The van der Waals surface area contributed by atoms with E-state index in [2.05, 4.69) is 49.8 Å². The standard InChI is InChI=1S/C21H29BrO4SSi/c1-14-9-11-17(12-10-14)27(23,24)25-19-13-18(22)20(16(3)15(19)2)26-28(7,8)21(4,5)6/h9-13H,1-8H3. The number of hydrogen-bond donors (Lipinski definition) is 0. The second-order valence-corrected chi connectivity index (χ2v) is 15.8. The highest BCUT2D eigenvalue weighted by molar-refractivity contribution is 9.10. The molecular formula is C21H29BrO4SSi. The monoisotopic (exact) mass is 484 g/mol. The fourth-order valence-electron chi connectivity index (χ4n) is 2.31.